The van der Waals surface area contributed by atoms with Crippen molar-refractivity contribution in [3.05, 3.63) is 70.8 Å². The maximum atomic E-state index is 13.8. The highest BCUT2D eigenvalue weighted by Gasteiger charge is 2.86. The van der Waals surface area contributed by atoms with Crippen molar-refractivity contribution in [2.24, 2.45) is 0 Å². The van der Waals surface area contributed by atoms with Gasteiger partial charge in [-0.25, -0.2) is 19.2 Å². The minimum atomic E-state index is -2.42. The molecular weight excluding hydrogens is 416 g/mol. The first-order valence-electron chi connectivity index (χ1n) is 10.1. The third-order valence-corrected chi connectivity index (χ3v) is 7.12. The average molecular weight is 434 g/mol. The maximum Gasteiger partial charge on any atom is 0.356 e. The van der Waals surface area contributed by atoms with Gasteiger partial charge in [-0.1, -0.05) is 48.5 Å². The molecule has 32 heavy (non-hydrogen) atoms. The van der Waals surface area contributed by atoms with Crippen LogP contribution in [0, 0.1) is 0 Å². The minimum absolute atomic E-state index is 0.119. The summed E-state index contributed by atoms with van der Waals surface area (Å²) in [4.78, 5) is 57.7. The molecule has 0 unspecified atom stereocenters. The Morgan fingerprint density at radius 3 is 1.06 bits per heavy atom. The Morgan fingerprint density at radius 1 is 0.594 bits per heavy atom. The second kappa shape index (κ2) is 5.78. The molecule has 0 aliphatic carbocycles. The van der Waals surface area contributed by atoms with Gasteiger partial charge in [-0.2, -0.15) is 0 Å². The molecule has 4 heterocycles. The zero-order valence-electron chi connectivity index (χ0n) is 16.8. The molecule has 6 rings (SSSR count). The van der Waals surface area contributed by atoms with Gasteiger partial charge in [0.2, 0.25) is 0 Å². The van der Waals surface area contributed by atoms with Gasteiger partial charge in [0, 0.05) is 0 Å². The molecule has 0 atom stereocenters. The Labute approximate surface area is 181 Å². The largest absolute Gasteiger partial charge is 0.478 e. The quantitative estimate of drug-likeness (QED) is 0.738. The van der Waals surface area contributed by atoms with Crippen LogP contribution in [0.25, 0.3) is 0 Å². The van der Waals surface area contributed by atoms with Crippen LogP contribution in [-0.4, -0.2) is 65.1 Å². The first kappa shape index (κ1) is 18.7. The molecule has 2 fully saturated rings. The number of rotatable bonds is 2. The lowest BCUT2D eigenvalue weighted by molar-refractivity contribution is -0.184. The molecule has 4 aliphatic heterocycles. The van der Waals surface area contributed by atoms with Crippen molar-refractivity contribution in [3.8, 4) is 0 Å². The van der Waals surface area contributed by atoms with Crippen LogP contribution in [0.4, 0.5) is 9.59 Å². The number of carbonyl (C=O) groups is 4. The summed E-state index contributed by atoms with van der Waals surface area (Å²) in [6, 6.07) is 12.6. The molecule has 2 aromatic rings. The van der Waals surface area contributed by atoms with Crippen LogP contribution in [0.2, 0.25) is 0 Å². The van der Waals surface area contributed by atoms with Crippen molar-refractivity contribution in [2.45, 2.75) is 37.5 Å². The van der Waals surface area contributed by atoms with Crippen molar-refractivity contribution in [1.82, 2.24) is 19.6 Å². The van der Waals surface area contributed by atoms with E-state index in [0.29, 0.717) is 22.3 Å². The van der Waals surface area contributed by atoms with Crippen LogP contribution in [0.5, 0.6) is 0 Å². The molecule has 4 amide bonds. The normalized spacial score (nSPS) is 27.5. The molecule has 2 aromatic carbocycles. The van der Waals surface area contributed by atoms with E-state index in [9.17, 15) is 29.4 Å². The van der Waals surface area contributed by atoms with Crippen LogP contribution in [0.15, 0.2) is 48.5 Å². The average Bonchev–Trinajstić information content (AvgIpc) is 2.96. The van der Waals surface area contributed by atoms with Crippen molar-refractivity contribution in [3.63, 3.8) is 0 Å². The maximum absolute atomic E-state index is 13.8. The van der Waals surface area contributed by atoms with E-state index >= 15 is 0 Å². The summed E-state index contributed by atoms with van der Waals surface area (Å²) < 4.78 is 0. The van der Waals surface area contributed by atoms with E-state index in [1.54, 1.807) is 48.5 Å². The van der Waals surface area contributed by atoms with Gasteiger partial charge in [-0.3, -0.25) is 19.6 Å². The Bertz CT molecular complexity index is 1080. The molecule has 0 spiro atoms. The van der Waals surface area contributed by atoms with Gasteiger partial charge in [-0.05, 0) is 22.3 Å². The number of carboxylic acids is 2. The number of urea groups is 2. The molecule has 0 aromatic heterocycles. The fourth-order valence-corrected chi connectivity index (χ4v) is 5.79. The highest BCUT2D eigenvalue weighted by Crippen LogP contribution is 2.56. The Morgan fingerprint density at radius 2 is 0.844 bits per heavy atom. The molecule has 0 radical (unpaired) electrons. The fraction of sp³-hybridized carbons (Fsp3) is 0.273. The zero-order valence-corrected chi connectivity index (χ0v) is 16.8. The van der Waals surface area contributed by atoms with Gasteiger partial charge in [0.05, 0.1) is 26.2 Å². The summed E-state index contributed by atoms with van der Waals surface area (Å²) in [6.45, 7) is -0.476. The van der Waals surface area contributed by atoms with Crippen LogP contribution >= 0.6 is 0 Å². The smallest absolute Gasteiger partial charge is 0.356 e. The van der Waals surface area contributed by atoms with E-state index in [1.807, 2.05) is 0 Å². The number of carbonyl (C=O) groups excluding carboxylic acids is 2. The van der Waals surface area contributed by atoms with Gasteiger partial charge in [0.25, 0.3) is 11.3 Å². The number of benzene rings is 2. The molecule has 2 N–H and O–H groups in total. The molecule has 10 heteroatoms. The van der Waals surface area contributed by atoms with Crippen molar-refractivity contribution in [2.75, 3.05) is 0 Å². The van der Waals surface area contributed by atoms with E-state index in [4.69, 9.17) is 0 Å². The van der Waals surface area contributed by atoms with Gasteiger partial charge < -0.3 is 10.2 Å². The van der Waals surface area contributed by atoms with Gasteiger partial charge >= 0.3 is 24.0 Å². The summed E-state index contributed by atoms with van der Waals surface area (Å²) in [5, 5.41) is 21.2. The standard InChI is InChI=1S/C22H18N4O6/c27-17(28)21-22(18(29)30)25-11-15-7-3-4-8-16(15)12-26(22)20(32)24(21)10-14-6-2-1-5-13(14)9-23(21)19(25)31/h1-8H,9-12H2,(H,27,28)(H,29,30). The second-order valence-electron chi connectivity index (χ2n) is 8.40. The topological polar surface area (TPSA) is 122 Å². The van der Waals surface area contributed by atoms with Crippen molar-refractivity contribution >= 4 is 24.0 Å². The molecule has 162 valence electrons. The molecule has 4 aliphatic rings. The van der Waals surface area contributed by atoms with Crippen LogP contribution in [-0.2, 0) is 35.8 Å². The summed E-state index contributed by atoms with van der Waals surface area (Å²) in [7, 11) is 0. The zero-order chi connectivity index (χ0) is 22.4. The van der Waals surface area contributed by atoms with Crippen LogP contribution in [0.3, 0.4) is 0 Å². The Kier molecular flexibility index (Phi) is 3.37. The van der Waals surface area contributed by atoms with E-state index in [1.165, 1.54) is 0 Å². The first-order chi connectivity index (χ1) is 15.3. The Hall–Kier alpha value is -4.08. The summed E-state index contributed by atoms with van der Waals surface area (Å²) >= 11 is 0. The number of carboxylic acid groups (broad SMARTS) is 2. The number of fused-ring (bicyclic) bond motifs is 2. The molecular formula is C22H18N4O6. The highest BCUT2D eigenvalue weighted by atomic mass is 16.4. The Balaban J connectivity index is 1.70. The number of aliphatic carboxylic acids is 2. The fourth-order valence-electron chi connectivity index (χ4n) is 5.79. The van der Waals surface area contributed by atoms with Crippen molar-refractivity contribution < 1.29 is 29.4 Å². The summed E-state index contributed by atoms with van der Waals surface area (Å²) in [5.74, 6) is -3.10. The predicted octanol–water partition coefficient (Wildman–Crippen LogP) is 1.45. The lowest BCUT2D eigenvalue weighted by Gasteiger charge is -2.42. The number of amides is 4. The SMILES string of the molecule is O=C1N2Cc3ccccc3CN3C(=O)N4Cc5ccccc5CN1C4(C(=O)O)C23C(=O)O. The van der Waals surface area contributed by atoms with Gasteiger partial charge in [0.1, 0.15) is 0 Å². The van der Waals surface area contributed by atoms with E-state index in [0.717, 1.165) is 19.6 Å². The summed E-state index contributed by atoms with van der Waals surface area (Å²) in [5.41, 5.74) is -2.15. The highest BCUT2D eigenvalue weighted by molar-refractivity contribution is 6.08. The van der Waals surface area contributed by atoms with Crippen LogP contribution < -0.4 is 0 Å². The van der Waals surface area contributed by atoms with Gasteiger partial charge in [-0.15, -0.1) is 0 Å². The molecule has 0 saturated carbocycles. The third-order valence-electron chi connectivity index (χ3n) is 7.12. The van der Waals surface area contributed by atoms with Crippen LogP contribution in [0.1, 0.15) is 22.3 Å². The first-order valence-corrected chi connectivity index (χ1v) is 10.1. The monoisotopic (exact) mass is 434 g/mol. The van der Waals surface area contributed by atoms with Gasteiger partial charge in [0.15, 0.2) is 0 Å². The van der Waals surface area contributed by atoms with E-state index in [2.05, 4.69) is 0 Å². The lowest BCUT2D eigenvalue weighted by Crippen LogP contribution is -2.74. The second-order valence-corrected chi connectivity index (χ2v) is 8.40. The molecule has 0 bridgehead atoms. The van der Waals surface area contributed by atoms with E-state index in [-0.39, 0.29) is 26.2 Å². The van der Waals surface area contributed by atoms with E-state index < -0.39 is 35.3 Å². The molecule has 10 nitrogen and oxygen atoms in total. The minimum Gasteiger partial charge on any atom is -0.478 e. The lowest BCUT2D eigenvalue weighted by atomic mass is 9.91. The third kappa shape index (κ3) is 1.79. The molecule has 2 saturated heterocycles. The van der Waals surface area contributed by atoms with Crippen molar-refractivity contribution in [1.29, 1.82) is 0 Å². The number of hydrogen-bond acceptors (Lipinski definition) is 4. The predicted molar refractivity (Wildman–Crippen MR) is 107 cm³/mol. The number of hydrogen-bond donors (Lipinski definition) is 2. The summed E-state index contributed by atoms with van der Waals surface area (Å²) in [6.07, 6.45) is 0. The number of nitrogens with zero attached hydrogens (tertiary/aromatic N) is 4.